The maximum absolute atomic E-state index is 10.7. The van der Waals surface area contributed by atoms with Gasteiger partial charge in [0.05, 0.1) is 6.54 Å². The van der Waals surface area contributed by atoms with Gasteiger partial charge in [-0.05, 0) is 12.5 Å². The highest BCUT2D eigenvalue weighted by molar-refractivity contribution is 5.76. The number of carbonyl (C=O) groups excluding carboxylic acids is 1. The molecule has 0 unspecified atom stereocenters. The summed E-state index contributed by atoms with van der Waals surface area (Å²) in [5, 5.41) is 0. The molecule has 14 heavy (non-hydrogen) atoms. The molecule has 0 aromatic heterocycles. The monoisotopic (exact) mass is 192 g/mol. The van der Waals surface area contributed by atoms with E-state index in [1.165, 1.54) is 5.57 Å². The molecule has 3 heteroatoms. The van der Waals surface area contributed by atoms with Crippen molar-refractivity contribution in [3.63, 3.8) is 0 Å². The van der Waals surface area contributed by atoms with Crippen molar-refractivity contribution >= 4 is 5.91 Å². The Bertz CT molecular complexity index is 290. The molecule has 1 rings (SSSR count). The van der Waals surface area contributed by atoms with Gasteiger partial charge in [-0.15, -0.1) is 0 Å². The molecule has 0 aromatic rings. The molecule has 1 aliphatic heterocycles. The first-order chi connectivity index (χ1) is 6.72. The van der Waals surface area contributed by atoms with E-state index in [1.807, 2.05) is 30.1 Å². The van der Waals surface area contributed by atoms with Gasteiger partial charge in [0, 0.05) is 13.1 Å². The predicted molar refractivity (Wildman–Crippen MR) is 57.7 cm³/mol. The van der Waals surface area contributed by atoms with Gasteiger partial charge < -0.3 is 5.73 Å². The Morgan fingerprint density at radius 2 is 2.43 bits per heavy atom. The van der Waals surface area contributed by atoms with Gasteiger partial charge in [-0.1, -0.05) is 30.4 Å². The molecular weight excluding hydrogens is 176 g/mol. The van der Waals surface area contributed by atoms with E-state index in [4.69, 9.17) is 5.73 Å². The van der Waals surface area contributed by atoms with Gasteiger partial charge >= 0.3 is 0 Å². The van der Waals surface area contributed by atoms with Crippen LogP contribution >= 0.6 is 0 Å². The van der Waals surface area contributed by atoms with Crippen LogP contribution < -0.4 is 5.73 Å². The van der Waals surface area contributed by atoms with Crippen LogP contribution in [-0.2, 0) is 4.79 Å². The quantitative estimate of drug-likeness (QED) is 0.671. The summed E-state index contributed by atoms with van der Waals surface area (Å²) >= 11 is 0. The predicted octanol–water partition coefficient (Wildman–Crippen LogP) is 0.846. The number of hydrogen-bond donors (Lipinski definition) is 1. The molecule has 0 spiro atoms. The zero-order valence-corrected chi connectivity index (χ0v) is 8.44. The van der Waals surface area contributed by atoms with Crippen LogP contribution in [0.15, 0.2) is 36.0 Å². The summed E-state index contributed by atoms with van der Waals surface area (Å²) in [4.78, 5) is 12.7. The van der Waals surface area contributed by atoms with Crippen molar-refractivity contribution in [2.24, 2.45) is 5.73 Å². The SMILES string of the molecule is C/C=C\C=C/C1=CCN(CC(N)=O)C1. The van der Waals surface area contributed by atoms with Crippen molar-refractivity contribution in [1.29, 1.82) is 0 Å². The van der Waals surface area contributed by atoms with Crippen LogP contribution in [0.25, 0.3) is 0 Å². The Morgan fingerprint density at radius 1 is 1.64 bits per heavy atom. The lowest BCUT2D eigenvalue weighted by atomic mass is 10.2. The van der Waals surface area contributed by atoms with Crippen LogP contribution in [0.5, 0.6) is 0 Å². The first-order valence-electron chi connectivity index (χ1n) is 4.71. The fourth-order valence-corrected chi connectivity index (χ4v) is 1.39. The highest BCUT2D eigenvalue weighted by atomic mass is 16.1. The maximum Gasteiger partial charge on any atom is 0.231 e. The molecule has 0 saturated heterocycles. The minimum absolute atomic E-state index is 0.267. The zero-order valence-electron chi connectivity index (χ0n) is 8.44. The minimum atomic E-state index is -0.267. The van der Waals surface area contributed by atoms with Crippen molar-refractivity contribution in [2.45, 2.75) is 6.92 Å². The van der Waals surface area contributed by atoms with Crippen LogP contribution in [0, 0.1) is 0 Å². The third-order valence-corrected chi connectivity index (χ3v) is 2.01. The van der Waals surface area contributed by atoms with Gasteiger partial charge in [0.1, 0.15) is 0 Å². The highest BCUT2D eigenvalue weighted by Gasteiger charge is 2.13. The van der Waals surface area contributed by atoms with Gasteiger partial charge in [-0.25, -0.2) is 0 Å². The summed E-state index contributed by atoms with van der Waals surface area (Å²) < 4.78 is 0. The second-order valence-electron chi connectivity index (χ2n) is 3.30. The van der Waals surface area contributed by atoms with E-state index >= 15 is 0 Å². The Hall–Kier alpha value is -1.35. The van der Waals surface area contributed by atoms with E-state index < -0.39 is 0 Å². The second-order valence-corrected chi connectivity index (χ2v) is 3.30. The molecule has 0 atom stereocenters. The molecule has 0 bridgehead atoms. The summed E-state index contributed by atoms with van der Waals surface area (Å²) in [5.74, 6) is -0.267. The number of nitrogens with two attached hydrogens (primary N) is 1. The van der Waals surface area contributed by atoms with Gasteiger partial charge in [0.15, 0.2) is 0 Å². The molecule has 0 fully saturated rings. The molecule has 0 aliphatic carbocycles. The smallest absolute Gasteiger partial charge is 0.231 e. The van der Waals surface area contributed by atoms with E-state index in [1.54, 1.807) is 0 Å². The third kappa shape index (κ3) is 3.58. The lowest BCUT2D eigenvalue weighted by Crippen LogP contribution is -2.32. The van der Waals surface area contributed by atoms with E-state index in [0.29, 0.717) is 6.54 Å². The summed E-state index contributed by atoms with van der Waals surface area (Å²) in [5.41, 5.74) is 6.35. The number of rotatable bonds is 4. The first kappa shape index (κ1) is 10.7. The average molecular weight is 192 g/mol. The zero-order chi connectivity index (χ0) is 10.4. The van der Waals surface area contributed by atoms with E-state index in [9.17, 15) is 4.79 Å². The fourth-order valence-electron chi connectivity index (χ4n) is 1.39. The molecular formula is C11H16N2O. The number of primary amides is 1. The van der Waals surface area contributed by atoms with Gasteiger partial charge in [0.25, 0.3) is 0 Å². The van der Waals surface area contributed by atoms with Gasteiger partial charge in [0.2, 0.25) is 5.91 Å². The van der Waals surface area contributed by atoms with Crippen LogP contribution in [0.3, 0.4) is 0 Å². The van der Waals surface area contributed by atoms with Crippen molar-refractivity contribution in [1.82, 2.24) is 4.90 Å². The van der Waals surface area contributed by atoms with Gasteiger partial charge in [-0.2, -0.15) is 0 Å². The molecule has 1 amide bonds. The molecule has 3 nitrogen and oxygen atoms in total. The Labute approximate surface area is 84.6 Å². The topological polar surface area (TPSA) is 46.3 Å². The summed E-state index contributed by atoms with van der Waals surface area (Å²) in [6, 6.07) is 0. The fraction of sp³-hybridized carbons (Fsp3) is 0.364. The van der Waals surface area contributed by atoms with E-state index in [2.05, 4.69) is 12.2 Å². The second kappa shape index (κ2) is 5.40. The van der Waals surface area contributed by atoms with Crippen LogP contribution in [0.1, 0.15) is 6.92 Å². The summed E-state index contributed by atoms with van der Waals surface area (Å²) in [7, 11) is 0. The number of allylic oxidation sites excluding steroid dienone is 3. The highest BCUT2D eigenvalue weighted by Crippen LogP contribution is 2.09. The summed E-state index contributed by atoms with van der Waals surface area (Å²) in [6.07, 6.45) is 10.1. The number of amides is 1. The van der Waals surface area contributed by atoms with Crippen LogP contribution in [0.4, 0.5) is 0 Å². The molecule has 76 valence electrons. The van der Waals surface area contributed by atoms with Crippen LogP contribution in [-0.4, -0.2) is 30.4 Å². The Morgan fingerprint density at radius 3 is 3.07 bits per heavy atom. The normalized spacial score (nSPS) is 18.2. The van der Waals surface area contributed by atoms with Crippen molar-refractivity contribution in [3.05, 3.63) is 36.0 Å². The Kier molecular flexibility index (Phi) is 4.13. The Balaban J connectivity index is 2.36. The lowest BCUT2D eigenvalue weighted by molar-refractivity contribution is -0.118. The van der Waals surface area contributed by atoms with Crippen LogP contribution in [0.2, 0.25) is 0 Å². The first-order valence-corrected chi connectivity index (χ1v) is 4.71. The molecule has 0 saturated carbocycles. The van der Waals surface area contributed by atoms with Crippen molar-refractivity contribution < 1.29 is 4.79 Å². The maximum atomic E-state index is 10.7. The van der Waals surface area contributed by atoms with E-state index in [-0.39, 0.29) is 5.91 Å². The molecule has 1 heterocycles. The molecule has 1 aliphatic rings. The largest absolute Gasteiger partial charge is 0.369 e. The number of carbonyl (C=O) groups is 1. The lowest BCUT2D eigenvalue weighted by Gasteiger charge is -2.11. The standard InChI is InChI=1S/C11H16N2O/c1-2-3-4-5-10-6-7-13(8-10)9-11(12)14/h2-6H,7-9H2,1H3,(H2,12,14)/b3-2-,5-4-. The molecule has 0 radical (unpaired) electrons. The molecule has 2 N–H and O–H groups in total. The van der Waals surface area contributed by atoms with Crippen molar-refractivity contribution in [2.75, 3.05) is 19.6 Å². The average Bonchev–Trinajstić information content (AvgIpc) is 2.52. The summed E-state index contributed by atoms with van der Waals surface area (Å²) in [6.45, 7) is 3.96. The number of hydrogen-bond acceptors (Lipinski definition) is 2. The molecule has 0 aromatic carbocycles. The van der Waals surface area contributed by atoms with Gasteiger partial charge in [-0.3, -0.25) is 9.69 Å². The minimum Gasteiger partial charge on any atom is -0.369 e. The van der Waals surface area contributed by atoms with E-state index in [0.717, 1.165) is 13.1 Å². The van der Waals surface area contributed by atoms with Crippen molar-refractivity contribution in [3.8, 4) is 0 Å². The number of nitrogens with zero attached hydrogens (tertiary/aromatic N) is 1. The third-order valence-electron chi connectivity index (χ3n) is 2.01.